The molecule has 2 rings (SSSR count). The number of nitrogens with zero attached hydrogens (tertiary/aromatic N) is 2. The predicted octanol–water partition coefficient (Wildman–Crippen LogP) is 4.01. The summed E-state index contributed by atoms with van der Waals surface area (Å²) in [6, 6.07) is 14.2. The monoisotopic (exact) mass is 375 g/mol. The fourth-order valence-corrected chi connectivity index (χ4v) is 2.64. The van der Waals surface area contributed by atoms with Crippen LogP contribution in [0.3, 0.4) is 0 Å². The zero-order valence-corrected chi connectivity index (χ0v) is 15.8. The molecule has 2 aromatic rings. The van der Waals surface area contributed by atoms with Gasteiger partial charge in [0.15, 0.2) is 0 Å². The molecule has 4 nitrogen and oxygen atoms in total. The van der Waals surface area contributed by atoms with Gasteiger partial charge in [0.2, 0.25) is 0 Å². The normalized spacial score (nSPS) is 12.0. The van der Waals surface area contributed by atoms with Gasteiger partial charge in [0.05, 0.1) is 10.6 Å². The molecule has 1 atom stereocenters. The first kappa shape index (κ1) is 20.2. The lowest BCUT2D eigenvalue weighted by atomic mass is 10.1. The van der Waals surface area contributed by atoms with E-state index in [1.54, 1.807) is 0 Å². The highest BCUT2D eigenvalue weighted by atomic mass is 35.5. The predicted molar refractivity (Wildman–Crippen MR) is 102 cm³/mol. The van der Waals surface area contributed by atoms with E-state index in [-0.39, 0.29) is 16.7 Å². The first-order valence-corrected chi connectivity index (χ1v) is 8.85. The zero-order valence-electron chi connectivity index (χ0n) is 15.0. The standard InChI is InChI=1S/C20H23ClFN3O/c1-25(2)11-10-24-9-8-19(15-6-4-3-5-7-15)26-20-13-17(21)18(22)12-16(20)14-23/h3-7,12-13,19,24H,8-11H2,1-2H3. The Labute approximate surface area is 159 Å². The van der Waals surface area contributed by atoms with Crippen molar-refractivity contribution in [2.75, 3.05) is 33.7 Å². The SMILES string of the molecule is CN(C)CCNCCC(Oc1cc(Cl)c(F)cc1C#N)c1ccccc1. The Bertz CT molecular complexity index is 747. The van der Waals surface area contributed by atoms with Crippen molar-refractivity contribution in [3.63, 3.8) is 0 Å². The Hall–Kier alpha value is -2.13. The summed E-state index contributed by atoms with van der Waals surface area (Å²) in [6.07, 6.45) is 0.439. The number of ether oxygens (including phenoxy) is 1. The molecule has 0 aliphatic carbocycles. The molecule has 1 unspecified atom stereocenters. The van der Waals surface area contributed by atoms with E-state index in [9.17, 15) is 9.65 Å². The van der Waals surface area contributed by atoms with Crippen LogP contribution in [0.4, 0.5) is 4.39 Å². The minimum absolute atomic E-state index is 0.0603. The van der Waals surface area contributed by atoms with Crippen LogP contribution in [0.15, 0.2) is 42.5 Å². The number of nitriles is 1. The molecule has 6 heteroatoms. The topological polar surface area (TPSA) is 48.3 Å². The van der Waals surface area contributed by atoms with Crippen molar-refractivity contribution in [1.82, 2.24) is 10.2 Å². The fraction of sp³-hybridized carbons (Fsp3) is 0.350. The third kappa shape index (κ3) is 5.99. The Morgan fingerprint density at radius 2 is 1.96 bits per heavy atom. The highest BCUT2D eigenvalue weighted by molar-refractivity contribution is 6.30. The van der Waals surface area contributed by atoms with Crippen LogP contribution in [-0.4, -0.2) is 38.6 Å². The number of hydrogen-bond donors (Lipinski definition) is 1. The minimum atomic E-state index is -0.628. The van der Waals surface area contributed by atoms with Gasteiger partial charge < -0.3 is 15.0 Å². The van der Waals surface area contributed by atoms with E-state index in [0.717, 1.165) is 31.3 Å². The molecule has 0 fully saturated rings. The van der Waals surface area contributed by atoms with Crippen LogP contribution >= 0.6 is 11.6 Å². The maximum absolute atomic E-state index is 13.6. The molecule has 138 valence electrons. The fourth-order valence-electron chi connectivity index (χ4n) is 2.49. The number of halogens is 2. The lowest BCUT2D eigenvalue weighted by Gasteiger charge is -2.21. The number of hydrogen-bond acceptors (Lipinski definition) is 4. The van der Waals surface area contributed by atoms with Crippen LogP contribution < -0.4 is 10.1 Å². The highest BCUT2D eigenvalue weighted by Crippen LogP contribution is 2.31. The van der Waals surface area contributed by atoms with E-state index in [1.165, 1.54) is 6.07 Å². The molecule has 0 saturated carbocycles. The van der Waals surface area contributed by atoms with Gasteiger partial charge in [-0.25, -0.2) is 4.39 Å². The first-order chi connectivity index (χ1) is 12.5. The van der Waals surface area contributed by atoms with Gasteiger partial charge in [0.1, 0.15) is 23.7 Å². The second kappa shape index (κ2) is 10.1. The van der Waals surface area contributed by atoms with Gasteiger partial charge >= 0.3 is 0 Å². The van der Waals surface area contributed by atoms with Crippen molar-refractivity contribution in [2.24, 2.45) is 0 Å². The van der Waals surface area contributed by atoms with Crippen molar-refractivity contribution in [3.05, 3.63) is 64.4 Å². The largest absolute Gasteiger partial charge is 0.484 e. The Morgan fingerprint density at radius 3 is 2.62 bits per heavy atom. The zero-order chi connectivity index (χ0) is 18.9. The van der Waals surface area contributed by atoms with E-state index in [4.69, 9.17) is 16.3 Å². The van der Waals surface area contributed by atoms with Crippen LogP contribution in [0.1, 0.15) is 23.7 Å². The molecule has 0 aliphatic rings. The lowest BCUT2D eigenvalue weighted by Crippen LogP contribution is -2.28. The molecule has 0 heterocycles. The maximum Gasteiger partial charge on any atom is 0.143 e. The maximum atomic E-state index is 13.6. The van der Waals surface area contributed by atoms with Crippen LogP contribution in [-0.2, 0) is 0 Å². The Kier molecular flexibility index (Phi) is 7.86. The quantitative estimate of drug-likeness (QED) is 0.673. The smallest absolute Gasteiger partial charge is 0.143 e. The summed E-state index contributed by atoms with van der Waals surface area (Å²) < 4.78 is 19.7. The number of nitrogens with one attached hydrogen (secondary N) is 1. The highest BCUT2D eigenvalue weighted by Gasteiger charge is 2.17. The van der Waals surface area contributed by atoms with E-state index in [1.807, 2.05) is 50.5 Å². The molecule has 0 radical (unpaired) electrons. The van der Waals surface area contributed by atoms with E-state index >= 15 is 0 Å². The van der Waals surface area contributed by atoms with Gasteiger partial charge in [0.25, 0.3) is 0 Å². The third-order valence-corrected chi connectivity index (χ3v) is 4.19. The molecule has 0 aliphatic heterocycles. The van der Waals surface area contributed by atoms with Gasteiger partial charge in [-0.2, -0.15) is 5.26 Å². The second-order valence-corrected chi connectivity index (χ2v) is 6.64. The van der Waals surface area contributed by atoms with Crippen LogP contribution in [0.2, 0.25) is 5.02 Å². The molecule has 0 bridgehead atoms. The van der Waals surface area contributed by atoms with Crippen molar-refractivity contribution in [3.8, 4) is 11.8 Å². The molecular weight excluding hydrogens is 353 g/mol. The van der Waals surface area contributed by atoms with Crippen molar-refractivity contribution in [2.45, 2.75) is 12.5 Å². The number of benzene rings is 2. The van der Waals surface area contributed by atoms with Crippen LogP contribution in [0.5, 0.6) is 5.75 Å². The third-order valence-electron chi connectivity index (χ3n) is 3.90. The lowest BCUT2D eigenvalue weighted by molar-refractivity contribution is 0.193. The molecule has 0 saturated heterocycles. The molecule has 0 amide bonds. The van der Waals surface area contributed by atoms with E-state index < -0.39 is 5.82 Å². The van der Waals surface area contributed by atoms with Gasteiger partial charge in [-0.3, -0.25) is 0 Å². The Balaban J connectivity index is 2.12. The average molecular weight is 376 g/mol. The average Bonchev–Trinajstić information content (AvgIpc) is 2.63. The molecule has 26 heavy (non-hydrogen) atoms. The first-order valence-electron chi connectivity index (χ1n) is 8.47. The van der Waals surface area contributed by atoms with Gasteiger partial charge in [-0.15, -0.1) is 0 Å². The summed E-state index contributed by atoms with van der Waals surface area (Å²) in [7, 11) is 4.05. The molecule has 0 aromatic heterocycles. The number of rotatable bonds is 9. The Morgan fingerprint density at radius 1 is 1.23 bits per heavy atom. The summed E-state index contributed by atoms with van der Waals surface area (Å²) in [5, 5.41) is 12.6. The second-order valence-electron chi connectivity index (χ2n) is 6.23. The molecule has 0 spiro atoms. The summed E-state index contributed by atoms with van der Waals surface area (Å²) in [5.74, 6) is -0.335. The van der Waals surface area contributed by atoms with Gasteiger partial charge in [-0.05, 0) is 32.3 Å². The summed E-state index contributed by atoms with van der Waals surface area (Å²) in [6.45, 7) is 2.58. The minimum Gasteiger partial charge on any atom is -0.484 e. The summed E-state index contributed by atoms with van der Waals surface area (Å²) in [5.41, 5.74) is 1.12. The molecule has 2 aromatic carbocycles. The van der Waals surface area contributed by atoms with Crippen molar-refractivity contribution < 1.29 is 9.13 Å². The van der Waals surface area contributed by atoms with Crippen LogP contribution in [0.25, 0.3) is 0 Å². The van der Waals surface area contributed by atoms with Crippen molar-refractivity contribution >= 4 is 11.6 Å². The summed E-state index contributed by atoms with van der Waals surface area (Å²) >= 11 is 5.87. The van der Waals surface area contributed by atoms with Gasteiger partial charge in [-0.1, -0.05) is 41.9 Å². The van der Waals surface area contributed by atoms with E-state index in [0.29, 0.717) is 12.2 Å². The molecular formula is C20H23ClFN3O. The van der Waals surface area contributed by atoms with Gasteiger partial charge in [0, 0.05) is 25.6 Å². The summed E-state index contributed by atoms with van der Waals surface area (Å²) in [4.78, 5) is 2.11. The molecule has 1 N–H and O–H groups in total. The van der Waals surface area contributed by atoms with Crippen molar-refractivity contribution in [1.29, 1.82) is 5.26 Å². The van der Waals surface area contributed by atoms with E-state index in [2.05, 4.69) is 10.2 Å². The van der Waals surface area contributed by atoms with Crippen LogP contribution in [0, 0.1) is 17.1 Å². The number of likely N-dealkylation sites (N-methyl/N-ethyl adjacent to an activating group) is 1.